The third-order valence-electron chi connectivity index (χ3n) is 6.59. The van der Waals surface area contributed by atoms with Crippen molar-refractivity contribution in [3.8, 4) is 11.5 Å². The molecule has 2 aliphatic rings. The molecule has 2 fully saturated rings. The van der Waals surface area contributed by atoms with Crippen molar-refractivity contribution in [2.45, 2.75) is 20.3 Å². The van der Waals surface area contributed by atoms with Crippen LogP contribution in [-0.4, -0.2) is 91.5 Å². The van der Waals surface area contributed by atoms with Crippen LogP contribution < -0.4 is 9.47 Å². The highest BCUT2D eigenvalue weighted by Gasteiger charge is 2.29. The fourth-order valence-electron chi connectivity index (χ4n) is 5.02. The maximum absolute atomic E-state index is 13.1. The molecular weight excluding hydrogens is 408 g/mol. The lowest BCUT2D eigenvalue weighted by Crippen LogP contribution is -2.53. The molecule has 8 heteroatoms. The lowest BCUT2D eigenvalue weighted by atomic mass is 9.92. The molecule has 0 saturated carbocycles. The summed E-state index contributed by atoms with van der Waals surface area (Å²) in [6.45, 7) is 9.20. The second-order valence-electron chi connectivity index (χ2n) is 9.29. The molecule has 0 unspecified atom stereocenters. The molecule has 2 aromatic rings. The van der Waals surface area contributed by atoms with Gasteiger partial charge in [-0.2, -0.15) is 0 Å². The lowest BCUT2D eigenvalue weighted by Gasteiger charge is -2.38. The van der Waals surface area contributed by atoms with Gasteiger partial charge in [0.05, 0.1) is 26.3 Å². The predicted molar refractivity (Wildman–Crippen MR) is 123 cm³/mol. The van der Waals surface area contributed by atoms with Crippen molar-refractivity contribution in [2.24, 2.45) is 11.8 Å². The number of nitrogens with zero attached hydrogens (tertiary/aromatic N) is 3. The number of piperazine rings is 1. The molecule has 0 spiro atoms. The maximum atomic E-state index is 13.1. The summed E-state index contributed by atoms with van der Waals surface area (Å²) >= 11 is 0. The van der Waals surface area contributed by atoms with Crippen LogP contribution >= 0.6 is 0 Å². The first-order valence-electron chi connectivity index (χ1n) is 11.4. The first kappa shape index (κ1) is 22.5. The van der Waals surface area contributed by atoms with Gasteiger partial charge in [0.25, 0.3) is 5.91 Å². The number of hydrogen-bond donors (Lipinski definition) is 1. The molecule has 1 aromatic carbocycles. The number of amides is 2. The van der Waals surface area contributed by atoms with Gasteiger partial charge in [-0.1, -0.05) is 13.8 Å². The first-order valence-corrected chi connectivity index (χ1v) is 11.4. The van der Waals surface area contributed by atoms with Crippen LogP contribution in [0.1, 0.15) is 30.8 Å². The molecule has 2 amide bonds. The van der Waals surface area contributed by atoms with Crippen molar-refractivity contribution < 1.29 is 19.1 Å². The number of H-pyrrole nitrogens is 1. The van der Waals surface area contributed by atoms with Gasteiger partial charge < -0.3 is 24.3 Å². The van der Waals surface area contributed by atoms with Crippen LogP contribution in [0.2, 0.25) is 0 Å². The Bertz CT molecular complexity index is 970. The zero-order valence-electron chi connectivity index (χ0n) is 19.5. The van der Waals surface area contributed by atoms with Gasteiger partial charge in [0.2, 0.25) is 5.91 Å². The second kappa shape index (κ2) is 9.40. The van der Waals surface area contributed by atoms with Crippen LogP contribution in [0.15, 0.2) is 18.2 Å². The number of methoxy groups -OCH3 is 2. The van der Waals surface area contributed by atoms with Crippen molar-refractivity contribution in [2.75, 3.05) is 60.0 Å². The fraction of sp³-hybridized carbons (Fsp3) is 0.583. The van der Waals surface area contributed by atoms with E-state index in [1.807, 2.05) is 21.9 Å². The molecule has 3 heterocycles. The zero-order chi connectivity index (χ0) is 22.8. The van der Waals surface area contributed by atoms with Crippen LogP contribution in [0.5, 0.6) is 11.5 Å². The molecule has 174 valence electrons. The highest BCUT2D eigenvalue weighted by Crippen LogP contribution is 2.31. The minimum absolute atomic E-state index is 0.0353. The zero-order valence-corrected chi connectivity index (χ0v) is 19.5. The van der Waals surface area contributed by atoms with Crippen LogP contribution in [0, 0.1) is 11.8 Å². The van der Waals surface area contributed by atoms with Crippen molar-refractivity contribution in [3.05, 3.63) is 23.9 Å². The number of aromatic amines is 1. The van der Waals surface area contributed by atoms with E-state index < -0.39 is 0 Å². The van der Waals surface area contributed by atoms with E-state index in [0.29, 0.717) is 61.8 Å². The quantitative estimate of drug-likeness (QED) is 0.770. The van der Waals surface area contributed by atoms with E-state index >= 15 is 0 Å². The summed E-state index contributed by atoms with van der Waals surface area (Å²) in [6.07, 6.45) is 1.19. The summed E-state index contributed by atoms with van der Waals surface area (Å²) in [5.41, 5.74) is 1.32. The second-order valence-corrected chi connectivity index (χ2v) is 9.29. The van der Waals surface area contributed by atoms with E-state index in [-0.39, 0.29) is 11.8 Å². The highest BCUT2D eigenvalue weighted by atomic mass is 16.5. The molecule has 2 aliphatic heterocycles. The molecule has 4 rings (SSSR count). The van der Waals surface area contributed by atoms with Gasteiger partial charge in [-0.05, 0) is 30.4 Å². The van der Waals surface area contributed by atoms with E-state index in [2.05, 4.69) is 23.7 Å². The SMILES string of the molecule is COc1cc(OC)c2[nH]c(C(=O)N3CCN(CC(=O)N4C[C@H](C)C[C@@H](C)C4)CC3)cc2c1. The average molecular weight is 443 g/mol. The highest BCUT2D eigenvalue weighted by molar-refractivity contribution is 6.00. The van der Waals surface area contributed by atoms with Gasteiger partial charge in [0, 0.05) is 50.7 Å². The van der Waals surface area contributed by atoms with Crippen LogP contribution in [-0.2, 0) is 4.79 Å². The Hall–Kier alpha value is -2.74. The third-order valence-corrected chi connectivity index (χ3v) is 6.59. The summed E-state index contributed by atoms with van der Waals surface area (Å²) < 4.78 is 10.8. The van der Waals surface area contributed by atoms with Crippen molar-refractivity contribution >= 4 is 22.7 Å². The molecule has 0 aliphatic carbocycles. The van der Waals surface area contributed by atoms with E-state index in [1.54, 1.807) is 20.3 Å². The molecule has 1 aromatic heterocycles. The number of carbonyl (C=O) groups excluding carboxylic acids is 2. The van der Waals surface area contributed by atoms with Crippen molar-refractivity contribution in [3.63, 3.8) is 0 Å². The molecule has 0 bridgehead atoms. The molecule has 0 radical (unpaired) electrons. The summed E-state index contributed by atoms with van der Waals surface area (Å²) in [4.78, 5) is 35.1. The number of piperidine rings is 1. The Kier molecular flexibility index (Phi) is 6.60. The topological polar surface area (TPSA) is 78.1 Å². The Morgan fingerprint density at radius 3 is 2.28 bits per heavy atom. The number of likely N-dealkylation sites (tertiary alicyclic amines) is 1. The summed E-state index contributed by atoms with van der Waals surface area (Å²) in [7, 11) is 3.21. The van der Waals surface area contributed by atoms with Gasteiger partial charge in [-0.15, -0.1) is 0 Å². The number of fused-ring (bicyclic) bond motifs is 1. The monoisotopic (exact) mass is 442 g/mol. The van der Waals surface area contributed by atoms with E-state index in [9.17, 15) is 9.59 Å². The normalized spacial score (nSPS) is 22.2. The van der Waals surface area contributed by atoms with Gasteiger partial charge in [-0.3, -0.25) is 14.5 Å². The Labute approximate surface area is 189 Å². The van der Waals surface area contributed by atoms with Crippen LogP contribution in [0.3, 0.4) is 0 Å². The molecule has 8 nitrogen and oxygen atoms in total. The predicted octanol–water partition coefficient (Wildman–Crippen LogP) is 2.45. The Balaban J connectivity index is 1.36. The Morgan fingerprint density at radius 2 is 1.66 bits per heavy atom. The smallest absolute Gasteiger partial charge is 0.270 e. The van der Waals surface area contributed by atoms with Crippen molar-refractivity contribution in [1.82, 2.24) is 19.7 Å². The molecule has 2 atom stereocenters. The maximum Gasteiger partial charge on any atom is 0.270 e. The number of nitrogens with one attached hydrogen (secondary N) is 1. The standard InChI is InChI=1S/C24H34N4O4/c1-16-9-17(2)14-28(13-16)22(29)15-26-5-7-27(8-6-26)24(30)20-11-18-10-19(31-3)12-21(32-4)23(18)25-20/h10-12,16-17,25H,5-9,13-15H2,1-4H3/t16-,17-/m1/s1. The number of aromatic nitrogens is 1. The summed E-state index contributed by atoms with van der Waals surface area (Å²) in [5.74, 6) is 2.62. The van der Waals surface area contributed by atoms with E-state index in [4.69, 9.17) is 9.47 Å². The van der Waals surface area contributed by atoms with Gasteiger partial charge in [0.1, 0.15) is 17.2 Å². The minimum atomic E-state index is -0.0353. The van der Waals surface area contributed by atoms with Gasteiger partial charge in [0.15, 0.2) is 0 Å². The van der Waals surface area contributed by atoms with Crippen LogP contribution in [0.25, 0.3) is 10.9 Å². The van der Waals surface area contributed by atoms with Crippen LogP contribution in [0.4, 0.5) is 0 Å². The minimum Gasteiger partial charge on any atom is -0.497 e. The molecule has 32 heavy (non-hydrogen) atoms. The fourth-order valence-corrected chi connectivity index (χ4v) is 5.02. The number of hydrogen-bond acceptors (Lipinski definition) is 5. The van der Waals surface area contributed by atoms with Gasteiger partial charge in [-0.25, -0.2) is 0 Å². The summed E-state index contributed by atoms with van der Waals surface area (Å²) in [6, 6.07) is 5.53. The van der Waals surface area contributed by atoms with Gasteiger partial charge >= 0.3 is 0 Å². The molecule has 1 N–H and O–H groups in total. The average Bonchev–Trinajstić information content (AvgIpc) is 3.22. The number of carbonyl (C=O) groups is 2. The van der Waals surface area contributed by atoms with Crippen molar-refractivity contribution in [1.29, 1.82) is 0 Å². The number of ether oxygens (including phenoxy) is 2. The van der Waals surface area contributed by atoms with E-state index in [1.165, 1.54) is 6.42 Å². The molecular formula is C24H34N4O4. The number of rotatable bonds is 5. The summed E-state index contributed by atoms with van der Waals surface area (Å²) in [5, 5.41) is 0.874. The lowest BCUT2D eigenvalue weighted by molar-refractivity contribution is -0.135. The largest absolute Gasteiger partial charge is 0.497 e. The third kappa shape index (κ3) is 4.70. The molecule has 2 saturated heterocycles. The Morgan fingerprint density at radius 1 is 0.969 bits per heavy atom. The van der Waals surface area contributed by atoms with E-state index in [0.717, 1.165) is 24.0 Å². The first-order chi connectivity index (χ1) is 15.4. The number of benzene rings is 1.